The van der Waals surface area contributed by atoms with E-state index in [-0.39, 0.29) is 12.5 Å². The van der Waals surface area contributed by atoms with Crippen LogP contribution in [0, 0.1) is 0 Å². The van der Waals surface area contributed by atoms with Gasteiger partial charge in [0, 0.05) is 27.3 Å². The number of likely N-dealkylation sites (N-methyl/N-ethyl adjacent to an activating group) is 1. The molecule has 0 spiro atoms. The van der Waals surface area contributed by atoms with E-state index in [2.05, 4.69) is 0 Å². The third-order valence-corrected chi connectivity index (χ3v) is 3.06. The standard InChI is InChI=1S/C12H20N4O3/c1-5-9(13)11(18)14(2)6-8-7-15(3)12(19)16(4)10(8)17/h7,9H,5-6,13H2,1-4H3/t9-/m0/s1. The van der Waals surface area contributed by atoms with Crippen LogP contribution in [0.1, 0.15) is 18.9 Å². The lowest BCUT2D eigenvalue weighted by Crippen LogP contribution is -2.44. The fourth-order valence-electron chi connectivity index (χ4n) is 1.78. The summed E-state index contributed by atoms with van der Waals surface area (Å²) in [5.74, 6) is -0.224. The summed E-state index contributed by atoms with van der Waals surface area (Å²) in [6.07, 6.45) is 1.99. The molecule has 7 heteroatoms. The van der Waals surface area contributed by atoms with Gasteiger partial charge in [-0.15, -0.1) is 0 Å². The average Bonchev–Trinajstić information content (AvgIpc) is 2.40. The summed E-state index contributed by atoms with van der Waals surface area (Å²) < 4.78 is 2.34. The van der Waals surface area contributed by atoms with Crippen molar-refractivity contribution < 1.29 is 4.79 Å². The molecule has 1 aromatic heterocycles. The zero-order valence-electron chi connectivity index (χ0n) is 11.7. The first-order chi connectivity index (χ1) is 8.79. The molecule has 0 bridgehead atoms. The van der Waals surface area contributed by atoms with Gasteiger partial charge in [0.15, 0.2) is 0 Å². The SMILES string of the molecule is CC[C@H](N)C(=O)N(C)Cc1cn(C)c(=O)n(C)c1=O. The zero-order chi connectivity index (χ0) is 14.7. The van der Waals surface area contributed by atoms with Gasteiger partial charge < -0.3 is 15.2 Å². The first kappa shape index (κ1) is 15.2. The van der Waals surface area contributed by atoms with Crippen LogP contribution in [0.3, 0.4) is 0 Å². The molecule has 0 aromatic carbocycles. The first-order valence-corrected chi connectivity index (χ1v) is 6.05. The summed E-state index contributed by atoms with van der Waals surface area (Å²) in [5, 5.41) is 0. The normalized spacial score (nSPS) is 12.3. The van der Waals surface area contributed by atoms with Crippen molar-refractivity contribution in [2.45, 2.75) is 25.9 Å². The maximum Gasteiger partial charge on any atom is 0.330 e. The molecule has 0 aliphatic heterocycles. The van der Waals surface area contributed by atoms with Crippen molar-refractivity contribution >= 4 is 5.91 Å². The highest BCUT2D eigenvalue weighted by Crippen LogP contribution is 2.00. The lowest BCUT2D eigenvalue weighted by atomic mass is 10.2. The van der Waals surface area contributed by atoms with Crippen LogP contribution in [-0.4, -0.2) is 33.0 Å². The topological polar surface area (TPSA) is 90.3 Å². The molecule has 7 nitrogen and oxygen atoms in total. The summed E-state index contributed by atoms with van der Waals surface area (Å²) in [4.78, 5) is 36.7. The summed E-state index contributed by atoms with van der Waals surface area (Å²) in [6.45, 7) is 1.95. The second kappa shape index (κ2) is 5.83. The molecule has 1 atom stereocenters. The average molecular weight is 268 g/mol. The van der Waals surface area contributed by atoms with E-state index in [1.54, 1.807) is 14.1 Å². The fraction of sp³-hybridized carbons (Fsp3) is 0.583. The zero-order valence-corrected chi connectivity index (χ0v) is 11.7. The molecule has 0 unspecified atom stereocenters. The van der Waals surface area contributed by atoms with Gasteiger partial charge in [-0.05, 0) is 6.42 Å². The van der Waals surface area contributed by atoms with Crippen LogP contribution in [0.25, 0.3) is 0 Å². The van der Waals surface area contributed by atoms with Gasteiger partial charge in [0.2, 0.25) is 5.91 Å². The minimum absolute atomic E-state index is 0.132. The number of carbonyl (C=O) groups excluding carboxylic acids is 1. The van der Waals surface area contributed by atoms with Crippen LogP contribution in [0.4, 0.5) is 0 Å². The number of hydrogen-bond donors (Lipinski definition) is 1. The Bertz CT molecular complexity index is 588. The predicted molar refractivity (Wildman–Crippen MR) is 71.7 cm³/mol. The molecular formula is C12H20N4O3. The minimum Gasteiger partial charge on any atom is -0.340 e. The van der Waals surface area contributed by atoms with Gasteiger partial charge in [-0.1, -0.05) is 6.92 Å². The Morgan fingerprint density at radius 1 is 1.42 bits per heavy atom. The highest BCUT2D eigenvalue weighted by molar-refractivity contribution is 5.81. The Kier molecular flexibility index (Phi) is 4.66. The molecule has 106 valence electrons. The lowest BCUT2D eigenvalue weighted by molar-refractivity contribution is -0.131. The molecule has 2 N–H and O–H groups in total. The Morgan fingerprint density at radius 2 is 2.00 bits per heavy atom. The van der Waals surface area contributed by atoms with E-state index in [1.807, 2.05) is 6.92 Å². The minimum atomic E-state index is -0.568. The van der Waals surface area contributed by atoms with Gasteiger partial charge in [0.1, 0.15) is 0 Å². The molecule has 1 amide bonds. The van der Waals surface area contributed by atoms with Crippen LogP contribution in [0.2, 0.25) is 0 Å². The van der Waals surface area contributed by atoms with E-state index >= 15 is 0 Å². The molecule has 1 aromatic rings. The van der Waals surface area contributed by atoms with Crippen molar-refractivity contribution in [2.75, 3.05) is 7.05 Å². The smallest absolute Gasteiger partial charge is 0.330 e. The van der Waals surface area contributed by atoms with Crippen molar-refractivity contribution in [3.63, 3.8) is 0 Å². The summed E-state index contributed by atoms with van der Waals surface area (Å²) in [6, 6.07) is -0.568. The number of rotatable bonds is 4. The van der Waals surface area contributed by atoms with Gasteiger partial charge in [-0.25, -0.2) is 4.79 Å². The van der Waals surface area contributed by atoms with Crippen molar-refractivity contribution in [2.24, 2.45) is 19.8 Å². The fourth-order valence-corrected chi connectivity index (χ4v) is 1.78. The maximum absolute atomic E-state index is 11.9. The molecule has 1 heterocycles. The maximum atomic E-state index is 11.9. The van der Waals surface area contributed by atoms with E-state index in [4.69, 9.17) is 5.73 Å². The van der Waals surface area contributed by atoms with Gasteiger partial charge in [-0.3, -0.25) is 14.2 Å². The molecular weight excluding hydrogens is 248 g/mol. The molecule has 1 rings (SSSR count). The molecule has 0 saturated carbocycles. The number of carbonyl (C=O) groups is 1. The third-order valence-electron chi connectivity index (χ3n) is 3.06. The van der Waals surface area contributed by atoms with Crippen LogP contribution in [0.15, 0.2) is 15.8 Å². The van der Waals surface area contributed by atoms with Gasteiger partial charge >= 0.3 is 5.69 Å². The Balaban J connectivity index is 3.05. The number of aromatic nitrogens is 2. The number of nitrogens with two attached hydrogens (primary N) is 1. The number of amides is 1. The van der Waals surface area contributed by atoms with E-state index in [0.717, 1.165) is 4.57 Å². The van der Waals surface area contributed by atoms with E-state index < -0.39 is 17.3 Å². The molecule has 0 aliphatic rings. The highest BCUT2D eigenvalue weighted by Gasteiger charge is 2.18. The lowest BCUT2D eigenvalue weighted by Gasteiger charge is -2.20. The Morgan fingerprint density at radius 3 is 2.53 bits per heavy atom. The van der Waals surface area contributed by atoms with Crippen LogP contribution in [-0.2, 0) is 25.4 Å². The second-order valence-corrected chi connectivity index (χ2v) is 4.62. The van der Waals surface area contributed by atoms with E-state index in [1.165, 1.54) is 22.7 Å². The largest absolute Gasteiger partial charge is 0.340 e. The van der Waals surface area contributed by atoms with Crippen molar-refractivity contribution in [1.82, 2.24) is 14.0 Å². The third kappa shape index (κ3) is 3.11. The summed E-state index contributed by atoms with van der Waals surface area (Å²) in [5.41, 5.74) is 5.25. The number of hydrogen-bond acceptors (Lipinski definition) is 4. The summed E-state index contributed by atoms with van der Waals surface area (Å²) in [7, 11) is 4.56. The van der Waals surface area contributed by atoms with Crippen molar-refractivity contribution in [1.29, 1.82) is 0 Å². The molecule has 0 saturated heterocycles. The van der Waals surface area contributed by atoms with Crippen molar-refractivity contribution in [3.8, 4) is 0 Å². The number of aryl methyl sites for hydroxylation is 1. The Hall–Kier alpha value is -1.89. The monoisotopic (exact) mass is 268 g/mol. The molecule has 0 radical (unpaired) electrons. The predicted octanol–water partition coefficient (Wildman–Crippen LogP) is -1.22. The van der Waals surface area contributed by atoms with E-state index in [9.17, 15) is 14.4 Å². The molecule has 0 fully saturated rings. The van der Waals surface area contributed by atoms with E-state index in [0.29, 0.717) is 12.0 Å². The molecule has 0 aliphatic carbocycles. The molecule has 19 heavy (non-hydrogen) atoms. The van der Waals surface area contributed by atoms with Gasteiger partial charge in [0.05, 0.1) is 18.2 Å². The van der Waals surface area contributed by atoms with Gasteiger partial charge in [0.25, 0.3) is 5.56 Å². The second-order valence-electron chi connectivity index (χ2n) is 4.62. The van der Waals surface area contributed by atoms with Crippen LogP contribution >= 0.6 is 0 Å². The Labute approximate surface area is 111 Å². The highest BCUT2D eigenvalue weighted by atomic mass is 16.2. The van der Waals surface area contributed by atoms with Crippen LogP contribution in [0.5, 0.6) is 0 Å². The number of nitrogens with zero attached hydrogens (tertiary/aromatic N) is 3. The quantitative estimate of drug-likeness (QED) is 0.741. The van der Waals surface area contributed by atoms with Gasteiger partial charge in [-0.2, -0.15) is 0 Å². The van der Waals surface area contributed by atoms with Crippen molar-refractivity contribution in [3.05, 3.63) is 32.6 Å². The van der Waals surface area contributed by atoms with Crippen LogP contribution < -0.4 is 17.0 Å². The summed E-state index contributed by atoms with van der Waals surface area (Å²) >= 11 is 0. The first-order valence-electron chi connectivity index (χ1n) is 6.05.